The van der Waals surface area contributed by atoms with E-state index in [0.717, 1.165) is 12.8 Å². The van der Waals surface area contributed by atoms with Gasteiger partial charge in [-0.15, -0.1) is 0 Å². The quantitative estimate of drug-likeness (QED) is 0.679. The van der Waals surface area contributed by atoms with Gasteiger partial charge in [0, 0.05) is 0 Å². The molecule has 3 N–H and O–H groups in total. The Morgan fingerprint density at radius 1 is 1.31 bits per heavy atom. The third kappa shape index (κ3) is 1.70. The summed E-state index contributed by atoms with van der Waals surface area (Å²) in [6.07, 6.45) is 7.18. The van der Waals surface area contributed by atoms with E-state index in [-0.39, 0.29) is 5.92 Å². The van der Waals surface area contributed by atoms with Gasteiger partial charge in [-0.05, 0) is 49.9 Å². The molecule has 3 nitrogen and oxygen atoms in total. The molecule has 2 aliphatic carbocycles. The molecule has 1 atom stereocenters. The van der Waals surface area contributed by atoms with E-state index in [1.54, 1.807) is 0 Å². The molecular weight excluding hydrogens is 166 g/mol. The second-order valence-electron chi connectivity index (χ2n) is 4.70. The van der Waals surface area contributed by atoms with E-state index in [2.05, 4.69) is 0 Å². The van der Waals surface area contributed by atoms with Gasteiger partial charge in [-0.3, -0.25) is 4.79 Å². The molecule has 3 heteroatoms. The van der Waals surface area contributed by atoms with E-state index in [1.807, 2.05) is 0 Å². The van der Waals surface area contributed by atoms with Gasteiger partial charge in [0.2, 0.25) is 0 Å². The predicted octanol–water partition coefficient (Wildman–Crippen LogP) is 1.37. The first-order valence-electron chi connectivity index (χ1n) is 5.11. The zero-order valence-corrected chi connectivity index (χ0v) is 7.83. The van der Waals surface area contributed by atoms with E-state index in [9.17, 15) is 4.79 Å². The largest absolute Gasteiger partial charge is 0.480 e. The molecule has 0 amide bonds. The standard InChI is InChI=1S/C10H17NO2/c11-8(9(12)13)7-1-3-10(4-2-7)5-6-10/h7-8H,1-6,11H2,(H,12,13). The Hall–Kier alpha value is -0.570. The molecule has 2 aliphatic rings. The van der Waals surface area contributed by atoms with Crippen molar-refractivity contribution in [1.29, 1.82) is 0 Å². The van der Waals surface area contributed by atoms with Crippen molar-refractivity contribution >= 4 is 5.97 Å². The topological polar surface area (TPSA) is 63.3 Å². The van der Waals surface area contributed by atoms with Crippen LogP contribution in [-0.2, 0) is 4.79 Å². The zero-order valence-electron chi connectivity index (χ0n) is 7.83. The zero-order chi connectivity index (χ0) is 9.47. The van der Waals surface area contributed by atoms with Crippen LogP contribution < -0.4 is 5.73 Å². The summed E-state index contributed by atoms with van der Waals surface area (Å²) in [6, 6.07) is -0.629. The molecule has 2 fully saturated rings. The van der Waals surface area contributed by atoms with Gasteiger partial charge in [-0.25, -0.2) is 0 Å². The number of carbonyl (C=O) groups is 1. The van der Waals surface area contributed by atoms with Gasteiger partial charge < -0.3 is 10.8 Å². The second-order valence-corrected chi connectivity index (χ2v) is 4.70. The summed E-state index contributed by atoms with van der Waals surface area (Å²) in [4.78, 5) is 10.7. The van der Waals surface area contributed by atoms with Crippen LogP contribution >= 0.6 is 0 Å². The molecule has 1 unspecified atom stereocenters. The average Bonchev–Trinajstić information content (AvgIpc) is 2.85. The summed E-state index contributed by atoms with van der Waals surface area (Å²) < 4.78 is 0. The summed E-state index contributed by atoms with van der Waals surface area (Å²) in [5.41, 5.74) is 6.23. The van der Waals surface area contributed by atoms with Crippen LogP contribution in [0.25, 0.3) is 0 Å². The Labute approximate surface area is 78.3 Å². The van der Waals surface area contributed by atoms with Crippen LogP contribution in [0.5, 0.6) is 0 Å². The Bertz CT molecular complexity index is 213. The highest BCUT2D eigenvalue weighted by atomic mass is 16.4. The SMILES string of the molecule is NC(C(=O)O)C1CCC2(CC1)CC2. The van der Waals surface area contributed by atoms with Gasteiger partial charge in [-0.2, -0.15) is 0 Å². The fraction of sp³-hybridized carbons (Fsp3) is 0.900. The maximum absolute atomic E-state index is 10.7. The van der Waals surface area contributed by atoms with Crippen molar-refractivity contribution in [3.8, 4) is 0 Å². The summed E-state index contributed by atoms with van der Waals surface area (Å²) in [5, 5.41) is 8.75. The maximum atomic E-state index is 10.7. The third-order valence-corrected chi connectivity index (χ3v) is 3.84. The van der Waals surface area contributed by atoms with Crippen molar-refractivity contribution in [1.82, 2.24) is 0 Å². The molecule has 0 radical (unpaired) electrons. The van der Waals surface area contributed by atoms with Crippen molar-refractivity contribution in [2.75, 3.05) is 0 Å². The first kappa shape index (κ1) is 9.00. The van der Waals surface area contributed by atoms with Gasteiger partial charge >= 0.3 is 5.97 Å². The van der Waals surface area contributed by atoms with Crippen LogP contribution in [0.15, 0.2) is 0 Å². The minimum atomic E-state index is -0.836. The van der Waals surface area contributed by atoms with Gasteiger partial charge in [-0.1, -0.05) is 0 Å². The Kier molecular flexibility index (Phi) is 2.06. The minimum Gasteiger partial charge on any atom is -0.480 e. The third-order valence-electron chi connectivity index (χ3n) is 3.84. The number of carboxylic acids is 1. The molecule has 1 spiro atoms. The lowest BCUT2D eigenvalue weighted by atomic mass is 9.77. The number of hydrogen-bond acceptors (Lipinski definition) is 2. The van der Waals surface area contributed by atoms with E-state index in [1.165, 1.54) is 25.7 Å². The molecule has 0 bridgehead atoms. The molecular formula is C10H17NO2. The second kappa shape index (κ2) is 2.98. The Morgan fingerprint density at radius 3 is 2.23 bits per heavy atom. The summed E-state index contributed by atoms with van der Waals surface area (Å²) in [6.45, 7) is 0. The van der Waals surface area contributed by atoms with Gasteiger partial charge in [0.25, 0.3) is 0 Å². The number of carboxylic acid groups (broad SMARTS) is 1. The number of nitrogens with two attached hydrogens (primary N) is 1. The van der Waals surface area contributed by atoms with Crippen molar-refractivity contribution in [2.45, 2.75) is 44.6 Å². The van der Waals surface area contributed by atoms with Crippen LogP contribution in [0.2, 0.25) is 0 Å². The first-order chi connectivity index (χ1) is 6.13. The fourth-order valence-electron chi connectivity index (χ4n) is 2.49. The molecule has 74 valence electrons. The van der Waals surface area contributed by atoms with Crippen LogP contribution in [-0.4, -0.2) is 17.1 Å². The van der Waals surface area contributed by atoms with Gasteiger partial charge in [0.15, 0.2) is 0 Å². The minimum absolute atomic E-state index is 0.226. The molecule has 2 saturated carbocycles. The summed E-state index contributed by atoms with van der Waals surface area (Å²) in [7, 11) is 0. The molecule has 2 rings (SSSR count). The van der Waals surface area contributed by atoms with Crippen LogP contribution in [0.1, 0.15) is 38.5 Å². The van der Waals surface area contributed by atoms with E-state index < -0.39 is 12.0 Å². The van der Waals surface area contributed by atoms with Gasteiger partial charge in [0.1, 0.15) is 6.04 Å². The molecule has 0 aromatic heterocycles. The Balaban J connectivity index is 1.86. The normalized spacial score (nSPS) is 28.7. The molecule has 0 aromatic rings. The molecule has 0 saturated heterocycles. The highest BCUT2D eigenvalue weighted by Crippen LogP contribution is 2.57. The molecule has 0 aromatic carbocycles. The van der Waals surface area contributed by atoms with Crippen LogP contribution in [0, 0.1) is 11.3 Å². The monoisotopic (exact) mass is 183 g/mol. The molecule has 13 heavy (non-hydrogen) atoms. The van der Waals surface area contributed by atoms with Gasteiger partial charge in [0.05, 0.1) is 0 Å². The van der Waals surface area contributed by atoms with E-state index in [0.29, 0.717) is 5.41 Å². The van der Waals surface area contributed by atoms with E-state index in [4.69, 9.17) is 10.8 Å². The van der Waals surface area contributed by atoms with Crippen molar-refractivity contribution < 1.29 is 9.90 Å². The fourth-order valence-corrected chi connectivity index (χ4v) is 2.49. The summed E-state index contributed by atoms with van der Waals surface area (Å²) >= 11 is 0. The maximum Gasteiger partial charge on any atom is 0.320 e. The Morgan fingerprint density at radius 2 is 1.85 bits per heavy atom. The van der Waals surface area contributed by atoms with Crippen molar-refractivity contribution in [3.63, 3.8) is 0 Å². The number of hydrogen-bond donors (Lipinski definition) is 2. The number of aliphatic carboxylic acids is 1. The summed E-state index contributed by atoms with van der Waals surface area (Å²) in [5.74, 6) is -0.611. The van der Waals surface area contributed by atoms with Crippen molar-refractivity contribution in [2.24, 2.45) is 17.1 Å². The number of rotatable bonds is 2. The van der Waals surface area contributed by atoms with Crippen LogP contribution in [0.3, 0.4) is 0 Å². The highest BCUT2D eigenvalue weighted by Gasteiger charge is 2.46. The molecule has 0 aliphatic heterocycles. The van der Waals surface area contributed by atoms with Crippen LogP contribution in [0.4, 0.5) is 0 Å². The average molecular weight is 183 g/mol. The predicted molar refractivity (Wildman–Crippen MR) is 49.2 cm³/mol. The molecule has 0 heterocycles. The van der Waals surface area contributed by atoms with E-state index >= 15 is 0 Å². The first-order valence-corrected chi connectivity index (χ1v) is 5.11. The smallest absolute Gasteiger partial charge is 0.320 e. The highest BCUT2D eigenvalue weighted by molar-refractivity contribution is 5.73. The lowest BCUT2D eigenvalue weighted by Gasteiger charge is -2.30. The lowest BCUT2D eigenvalue weighted by Crippen LogP contribution is -2.39. The van der Waals surface area contributed by atoms with Crippen molar-refractivity contribution in [3.05, 3.63) is 0 Å². The lowest BCUT2D eigenvalue weighted by molar-refractivity contribution is -0.140.